The molecular weight excluding hydrogens is 414 g/mol. The van der Waals surface area contributed by atoms with Crippen molar-refractivity contribution in [3.05, 3.63) is 101 Å². The lowest BCUT2D eigenvalue weighted by atomic mass is 10.1. The summed E-state index contributed by atoms with van der Waals surface area (Å²) in [5.74, 6) is -1.32. The highest BCUT2D eigenvalue weighted by atomic mass is 32.2. The van der Waals surface area contributed by atoms with E-state index in [0.29, 0.717) is 11.1 Å². The highest BCUT2D eigenvalue weighted by Crippen LogP contribution is 2.19. The number of primary amides is 1. The zero-order chi connectivity index (χ0) is 22.4. The molecule has 1 unspecified atom stereocenters. The summed E-state index contributed by atoms with van der Waals surface area (Å²) < 4.78 is 28.2. The Morgan fingerprint density at radius 2 is 1.55 bits per heavy atom. The van der Waals surface area contributed by atoms with E-state index >= 15 is 0 Å². The fourth-order valence-electron chi connectivity index (χ4n) is 3.06. The highest BCUT2D eigenvalue weighted by Gasteiger charge is 2.23. The number of amides is 2. The van der Waals surface area contributed by atoms with E-state index in [1.807, 2.05) is 30.3 Å². The molecule has 0 spiro atoms. The molecule has 31 heavy (non-hydrogen) atoms. The maximum absolute atomic E-state index is 12.8. The van der Waals surface area contributed by atoms with Gasteiger partial charge in [0.2, 0.25) is 15.9 Å². The van der Waals surface area contributed by atoms with Gasteiger partial charge in [0.05, 0.1) is 4.90 Å². The summed E-state index contributed by atoms with van der Waals surface area (Å²) >= 11 is 0. The van der Waals surface area contributed by atoms with E-state index in [4.69, 9.17) is 5.73 Å². The largest absolute Gasteiger partial charge is 0.368 e. The first-order chi connectivity index (χ1) is 14.8. The number of hydrogen-bond acceptors (Lipinski definition) is 4. The number of carbonyl (C=O) groups excluding carboxylic acids is 2. The molecule has 0 aliphatic rings. The molecule has 0 bridgehead atoms. The van der Waals surface area contributed by atoms with Crippen molar-refractivity contribution in [2.45, 2.75) is 24.4 Å². The monoisotopic (exact) mass is 437 g/mol. The summed E-state index contributed by atoms with van der Waals surface area (Å²) in [4.78, 5) is 24.6. The molecule has 3 aromatic carbocycles. The third kappa shape index (κ3) is 5.56. The number of benzene rings is 3. The third-order valence-electron chi connectivity index (χ3n) is 4.74. The molecule has 0 fully saturated rings. The van der Waals surface area contributed by atoms with Crippen molar-refractivity contribution in [2.24, 2.45) is 5.73 Å². The minimum atomic E-state index is -3.86. The number of carbonyl (C=O) groups is 2. The van der Waals surface area contributed by atoms with Gasteiger partial charge in [0.15, 0.2) is 0 Å². The van der Waals surface area contributed by atoms with Gasteiger partial charge < -0.3 is 11.1 Å². The highest BCUT2D eigenvalue weighted by molar-refractivity contribution is 7.89. The molecule has 4 N–H and O–H groups in total. The molecule has 0 saturated carbocycles. The second-order valence-electron chi connectivity index (χ2n) is 7.01. The number of hydrogen-bond donors (Lipinski definition) is 3. The van der Waals surface area contributed by atoms with Gasteiger partial charge in [-0.3, -0.25) is 9.59 Å². The summed E-state index contributed by atoms with van der Waals surface area (Å²) in [5, 5.41) is 2.58. The number of nitrogens with two attached hydrogens (primary N) is 1. The molecule has 0 aliphatic heterocycles. The Kier molecular flexibility index (Phi) is 6.84. The van der Waals surface area contributed by atoms with Crippen molar-refractivity contribution in [1.29, 1.82) is 0 Å². The number of aryl methyl sites for hydroxylation is 1. The van der Waals surface area contributed by atoms with Crippen LogP contribution in [0.4, 0.5) is 0 Å². The van der Waals surface area contributed by atoms with Gasteiger partial charge in [-0.2, -0.15) is 0 Å². The molecular formula is C23H23N3O4S. The Bertz CT molecular complexity index is 1180. The molecule has 8 heteroatoms. The average Bonchev–Trinajstić information content (AvgIpc) is 2.77. The fraction of sp³-hybridized carbons (Fsp3) is 0.130. The molecule has 160 valence electrons. The van der Waals surface area contributed by atoms with E-state index in [9.17, 15) is 18.0 Å². The van der Waals surface area contributed by atoms with Gasteiger partial charge in [-0.25, -0.2) is 13.1 Å². The second kappa shape index (κ2) is 9.55. The smallest absolute Gasteiger partial charge is 0.252 e. The van der Waals surface area contributed by atoms with Crippen LogP contribution in [0.2, 0.25) is 0 Å². The molecule has 3 rings (SSSR count). The van der Waals surface area contributed by atoms with Gasteiger partial charge in [-0.15, -0.1) is 0 Å². The van der Waals surface area contributed by atoms with Crippen LogP contribution >= 0.6 is 0 Å². The zero-order valence-corrected chi connectivity index (χ0v) is 17.7. The minimum Gasteiger partial charge on any atom is -0.368 e. The quantitative estimate of drug-likeness (QED) is 0.501. The second-order valence-corrected chi connectivity index (χ2v) is 8.75. The van der Waals surface area contributed by atoms with Crippen LogP contribution in [0.15, 0.2) is 83.8 Å². The van der Waals surface area contributed by atoms with Gasteiger partial charge >= 0.3 is 0 Å². The van der Waals surface area contributed by atoms with Crippen LogP contribution in [-0.2, 0) is 21.4 Å². The third-order valence-corrected chi connectivity index (χ3v) is 6.29. The Labute approximate surface area is 181 Å². The normalized spacial score (nSPS) is 12.2. The summed E-state index contributed by atoms with van der Waals surface area (Å²) in [6.07, 6.45) is 0. The standard InChI is InChI=1S/C23H23N3O4S/c1-16-12-13-19(23(28)26-21(22(24)27)18-10-6-3-7-11-18)14-20(16)31(29,30)25-15-17-8-4-2-5-9-17/h2-14,21,25H,15H2,1H3,(H2,24,27)(H,26,28). The maximum atomic E-state index is 12.8. The van der Waals surface area contributed by atoms with E-state index in [2.05, 4.69) is 10.0 Å². The Balaban J connectivity index is 1.82. The minimum absolute atomic E-state index is 0.00795. The van der Waals surface area contributed by atoms with Gasteiger partial charge in [-0.05, 0) is 35.7 Å². The molecule has 0 saturated heterocycles. The van der Waals surface area contributed by atoms with Crippen LogP contribution in [0.25, 0.3) is 0 Å². The van der Waals surface area contributed by atoms with Crippen LogP contribution in [0.1, 0.15) is 33.1 Å². The molecule has 0 aromatic heterocycles. The van der Waals surface area contributed by atoms with E-state index in [1.165, 1.54) is 12.1 Å². The van der Waals surface area contributed by atoms with E-state index in [1.54, 1.807) is 43.3 Å². The van der Waals surface area contributed by atoms with E-state index in [-0.39, 0.29) is 17.0 Å². The fourth-order valence-corrected chi connectivity index (χ4v) is 4.35. The van der Waals surface area contributed by atoms with Crippen LogP contribution in [0, 0.1) is 6.92 Å². The van der Waals surface area contributed by atoms with Crippen molar-refractivity contribution in [3.8, 4) is 0 Å². The lowest BCUT2D eigenvalue weighted by Crippen LogP contribution is -2.37. The SMILES string of the molecule is Cc1ccc(C(=O)NC(C(N)=O)c2ccccc2)cc1S(=O)(=O)NCc1ccccc1. The Hall–Kier alpha value is -3.49. The first-order valence-corrected chi connectivity index (χ1v) is 11.1. The van der Waals surface area contributed by atoms with Crippen LogP contribution in [0.3, 0.4) is 0 Å². The molecule has 3 aromatic rings. The van der Waals surface area contributed by atoms with Crippen molar-refractivity contribution in [1.82, 2.24) is 10.0 Å². The molecule has 7 nitrogen and oxygen atoms in total. The van der Waals surface area contributed by atoms with Crippen LogP contribution in [0.5, 0.6) is 0 Å². The average molecular weight is 438 g/mol. The van der Waals surface area contributed by atoms with Crippen LogP contribution < -0.4 is 15.8 Å². The van der Waals surface area contributed by atoms with Gasteiger partial charge in [0.1, 0.15) is 6.04 Å². The Morgan fingerprint density at radius 1 is 0.935 bits per heavy atom. The topological polar surface area (TPSA) is 118 Å². The van der Waals surface area contributed by atoms with Crippen molar-refractivity contribution in [3.63, 3.8) is 0 Å². The van der Waals surface area contributed by atoms with Gasteiger partial charge in [0.25, 0.3) is 5.91 Å². The molecule has 0 heterocycles. The summed E-state index contributed by atoms with van der Waals surface area (Å²) in [5.41, 5.74) is 7.40. The Morgan fingerprint density at radius 3 is 2.16 bits per heavy atom. The zero-order valence-electron chi connectivity index (χ0n) is 16.9. The first-order valence-electron chi connectivity index (χ1n) is 9.57. The number of nitrogens with one attached hydrogen (secondary N) is 2. The first kappa shape index (κ1) is 22.2. The predicted octanol–water partition coefficient (Wildman–Crippen LogP) is 2.43. The predicted molar refractivity (Wildman–Crippen MR) is 117 cm³/mol. The van der Waals surface area contributed by atoms with Crippen molar-refractivity contribution >= 4 is 21.8 Å². The summed E-state index contributed by atoms with van der Waals surface area (Å²) in [7, 11) is -3.86. The molecule has 2 amide bonds. The van der Waals surface area contributed by atoms with E-state index < -0.39 is 27.9 Å². The van der Waals surface area contributed by atoms with Crippen molar-refractivity contribution in [2.75, 3.05) is 0 Å². The summed E-state index contributed by atoms with van der Waals surface area (Å²) in [6.45, 7) is 1.77. The van der Waals surface area contributed by atoms with Crippen molar-refractivity contribution < 1.29 is 18.0 Å². The van der Waals surface area contributed by atoms with Gasteiger partial charge in [-0.1, -0.05) is 66.7 Å². The summed E-state index contributed by atoms with van der Waals surface area (Å²) in [6, 6.07) is 21.0. The number of sulfonamides is 1. The lowest BCUT2D eigenvalue weighted by molar-refractivity contribution is -0.120. The lowest BCUT2D eigenvalue weighted by Gasteiger charge is -2.17. The maximum Gasteiger partial charge on any atom is 0.252 e. The van der Waals surface area contributed by atoms with Crippen LogP contribution in [-0.4, -0.2) is 20.2 Å². The molecule has 0 aliphatic carbocycles. The number of rotatable bonds is 8. The van der Waals surface area contributed by atoms with Gasteiger partial charge in [0, 0.05) is 12.1 Å². The molecule has 0 radical (unpaired) electrons. The van der Waals surface area contributed by atoms with E-state index in [0.717, 1.165) is 5.56 Å². The molecule has 1 atom stereocenters.